The average Bonchev–Trinajstić information content (AvgIpc) is 3.01. The number of nitrogen functional groups attached to an aromatic ring is 1. The summed E-state index contributed by atoms with van der Waals surface area (Å²) in [5.74, 6) is -2.28. The smallest absolute Gasteiger partial charge is 0.351 e. The van der Waals surface area contributed by atoms with Crippen LogP contribution < -0.4 is 11.4 Å². The Balaban J connectivity index is 2.49. The fraction of sp³-hybridized carbons (Fsp3) is 0.786. The lowest BCUT2D eigenvalue weighted by Crippen LogP contribution is -2.52. The Morgan fingerprint density at radius 3 is 2.26 bits per heavy atom. The van der Waals surface area contributed by atoms with Crippen molar-refractivity contribution in [3.63, 3.8) is 0 Å². The Morgan fingerprint density at radius 2 is 1.79 bits per heavy atom. The molecular formula is C28H45ClFN3O6. The summed E-state index contributed by atoms with van der Waals surface area (Å²) in [4.78, 5) is 42.8. The topological polar surface area (TPSA) is 123 Å². The fourth-order valence-electron chi connectivity index (χ4n) is 5.68. The average molecular weight is 574 g/mol. The number of hydrogen-bond acceptors (Lipinski definition) is 8. The molecule has 0 bridgehead atoms. The van der Waals surface area contributed by atoms with Crippen molar-refractivity contribution in [2.45, 2.75) is 99.8 Å². The van der Waals surface area contributed by atoms with E-state index in [1.165, 1.54) is 12.3 Å². The third-order valence-corrected chi connectivity index (χ3v) is 7.31. The summed E-state index contributed by atoms with van der Waals surface area (Å²) in [5, 5.41) is 0. The second-order valence-electron chi connectivity index (χ2n) is 13.8. The van der Waals surface area contributed by atoms with E-state index < -0.39 is 65.1 Å². The molecule has 1 saturated heterocycles. The summed E-state index contributed by atoms with van der Waals surface area (Å²) < 4.78 is 34.6. The molecule has 222 valence electrons. The number of carbonyl (C=O) groups excluding carboxylic acids is 2. The Hall–Kier alpha value is -2.20. The first-order valence-corrected chi connectivity index (χ1v) is 13.8. The molecule has 39 heavy (non-hydrogen) atoms. The third-order valence-electron chi connectivity index (χ3n) is 6.86. The summed E-state index contributed by atoms with van der Waals surface area (Å²) in [6.45, 7) is 18.5. The lowest BCUT2D eigenvalue weighted by molar-refractivity contribution is -0.184. The van der Waals surface area contributed by atoms with E-state index in [2.05, 4.69) is 4.98 Å². The largest absolute Gasteiger partial charge is 0.462 e. The maximum atomic E-state index is 16.2. The van der Waals surface area contributed by atoms with Crippen molar-refractivity contribution in [1.82, 2.24) is 9.55 Å². The van der Waals surface area contributed by atoms with Crippen LogP contribution in [-0.2, 0) is 23.8 Å². The van der Waals surface area contributed by atoms with Gasteiger partial charge in [-0.3, -0.25) is 14.2 Å². The summed E-state index contributed by atoms with van der Waals surface area (Å²) in [5.41, 5.74) is 1.47. The molecule has 1 aliphatic rings. The highest BCUT2D eigenvalue weighted by atomic mass is 35.5. The number of alkyl halides is 2. The molecule has 1 aromatic rings. The van der Waals surface area contributed by atoms with Crippen molar-refractivity contribution < 1.29 is 28.2 Å². The van der Waals surface area contributed by atoms with Gasteiger partial charge >= 0.3 is 17.6 Å². The van der Waals surface area contributed by atoms with Crippen LogP contribution in [0.3, 0.4) is 0 Å². The molecule has 9 nitrogen and oxygen atoms in total. The number of esters is 2. The molecule has 0 aromatic carbocycles. The van der Waals surface area contributed by atoms with Crippen LogP contribution >= 0.6 is 11.6 Å². The molecule has 1 aromatic heterocycles. The van der Waals surface area contributed by atoms with Gasteiger partial charge in [0.1, 0.15) is 12.4 Å². The predicted octanol–water partition coefficient (Wildman–Crippen LogP) is 4.91. The van der Waals surface area contributed by atoms with Crippen molar-refractivity contribution in [1.29, 1.82) is 0 Å². The summed E-state index contributed by atoms with van der Waals surface area (Å²) in [7, 11) is 0. The molecule has 0 radical (unpaired) electrons. The van der Waals surface area contributed by atoms with Gasteiger partial charge in [0.2, 0.25) is 0 Å². The Morgan fingerprint density at radius 1 is 1.21 bits per heavy atom. The number of anilines is 1. The molecular weight excluding hydrogens is 529 g/mol. The minimum atomic E-state index is -2.02. The first kappa shape index (κ1) is 33.0. The van der Waals surface area contributed by atoms with Crippen LogP contribution in [0.15, 0.2) is 17.1 Å². The minimum absolute atomic E-state index is 0.0452. The third kappa shape index (κ3) is 7.72. The van der Waals surface area contributed by atoms with Gasteiger partial charge in [-0.2, -0.15) is 4.98 Å². The van der Waals surface area contributed by atoms with Crippen LogP contribution in [0.5, 0.6) is 0 Å². The van der Waals surface area contributed by atoms with E-state index >= 15 is 4.39 Å². The zero-order chi connectivity index (χ0) is 30.1. The van der Waals surface area contributed by atoms with Gasteiger partial charge in [0.15, 0.2) is 24.1 Å². The molecule has 2 rings (SSSR count). The lowest BCUT2D eigenvalue weighted by Gasteiger charge is -2.37. The second-order valence-corrected chi connectivity index (χ2v) is 14.1. The van der Waals surface area contributed by atoms with Crippen molar-refractivity contribution in [3.05, 3.63) is 22.7 Å². The number of halogens is 2. The molecule has 1 aliphatic heterocycles. The first-order chi connectivity index (χ1) is 17.6. The number of nitrogens with zero attached hydrogens (tertiary/aromatic N) is 2. The molecule has 11 heteroatoms. The van der Waals surface area contributed by atoms with Gasteiger partial charge in [-0.05, 0) is 43.1 Å². The van der Waals surface area contributed by atoms with Gasteiger partial charge < -0.3 is 19.9 Å². The highest BCUT2D eigenvalue weighted by Gasteiger charge is 2.60. The predicted molar refractivity (Wildman–Crippen MR) is 148 cm³/mol. The number of nitrogens with two attached hydrogens (primary N) is 1. The van der Waals surface area contributed by atoms with Crippen molar-refractivity contribution in [2.24, 2.45) is 28.1 Å². The molecule has 0 amide bonds. The van der Waals surface area contributed by atoms with Crippen LogP contribution in [0.2, 0.25) is 0 Å². The van der Waals surface area contributed by atoms with E-state index in [1.807, 2.05) is 55.4 Å². The minimum Gasteiger partial charge on any atom is -0.462 e. The van der Waals surface area contributed by atoms with Gasteiger partial charge in [0, 0.05) is 6.20 Å². The maximum absolute atomic E-state index is 16.2. The SMILES string of the molecule is CC(C)C(C(=O)OC1C(F)C(n2ccc(N)nc2=O)OC1(CCl)COC(=O)C(C)(C)CC(C)(C)C)C(C)(C)C. The number of ether oxygens (including phenoxy) is 3. The quantitative estimate of drug-likeness (QED) is 0.327. The van der Waals surface area contributed by atoms with E-state index in [-0.39, 0.29) is 23.0 Å². The Bertz CT molecular complexity index is 1090. The molecule has 1 fully saturated rings. The van der Waals surface area contributed by atoms with Gasteiger partial charge in [-0.15, -0.1) is 11.6 Å². The van der Waals surface area contributed by atoms with Gasteiger partial charge in [-0.1, -0.05) is 55.4 Å². The highest BCUT2D eigenvalue weighted by molar-refractivity contribution is 6.18. The molecule has 2 heterocycles. The normalized spacial score (nSPS) is 25.0. The van der Waals surface area contributed by atoms with E-state index in [4.69, 9.17) is 31.5 Å². The number of rotatable bonds is 9. The van der Waals surface area contributed by atoms with Crippen molar-refractivity contribution >= 4 is 29.4 Å². The van der Waals surface area contributed by atoms with E-state index in [0.717, 1.165) is 4.57 Å². The van der Waals surface area contributed by atoms with Gasteiger partial charge in [0.05, 0.1) is 17.2 Å². The van der Waals surface area contributed by atoms with Gasteiger partial charge in [-0.25, -0.2) is 9.18 Å². The van der Waals surface area contributed by atoms with Gasteiger partial charge in [0.25, 0.3) is 0 Å². The van der Waals surface area contributed by atoms with Crippen LogP contribution in [0.4, 0.5) is 10.2 Å². The molecule has 5 unspecified atom stereocenters. The zero-order valence-corrected chi connectivity index (χ0v) is 25.6. The number of aromatic nitrogens is 2. The lowest BCUT2D eigenvalue weighted by atomic mass is 9.74. The van der Waals surface area contributed by atoms with Crippen LogP contribution in [0.25, 0.3) is 0 Å². The second kappa shape index (κ2) is 11.7. The molecule has 0 aliphatic carbocycles. The van der Waals surface area contributed by atoms with Crippen LogP contribution in [-0.4, -0.2) is 51.9 Å². The first-order valence-electron chi connectivity index (χ1n) is 13.3. The number of carbonyl (C=O) groups is 2. The molecule has 2 N–H and O–H groups in total. The van der Waals surface area contributed by atoms with Crippen LogP contribution in [0, 0.1) is 28.1 Å². The number of hydrogen-bond donors (Lipinski definition) is 1. The summed E-state index contributed by atoms with van der Waals surface area (Å²) >= 11 is 6.36. The monoisotopic (exact) mass is 573 g/mol. The Kier molecular flexibility index (Phi) is 9.93. The van der Waals surface area contributed by atoms with E-state index in [1.54, 1.807) is 13.8 Å². The molecule has 0 spiro atoms. The van der Waals surface area contributed by atoms with Crippen LogP contribution in [0.1, 0.15) is 81.9 Å². The molecule has 5 atom stereocenters. The van der Waals surface area contributed by atoms with Crippen molar-refractivity contribution in [3.8, 4) is 0 Å². The van der Waals surface area contributed by atoms with E-state index in [9.17, 15) is 14.4 Å². The maximum Gasteiger partial charge on any atom is 0.351 e. The highest BCUT2D eigenvalue weighted by Crippen LogP contribution is 2.44. The summed E-state index contributed by atoms with van der Waals surface area (Å²) in [6.07, 6.45) is -3.37. The fourth-order valence-corrected chi connectivity index (χ4v) is 5.97. The Labute approximate surface area is 235 Å². The zero-order valence-electron chi connectivity index (χ0n) is 24.8. The van der Waals surface area contributed by atoms with Crippen molar-refractivity contribution in [2.75, 3.05) is 18.2 Å². The molecule has 0 saturated carbocycles. The van der Waals surface area contributed by atoms with E-state index in [0.29, 0.717) is 6.42 Å². The summed E-state index contributed by atoms with van der Waals surface area (Å²) in [6, 6.07) is 1.32. The standard InChI is InChI=1S/C28H45ClFN3O6/c1-16(2)18(26(6,7)8)22(34)38-20-19(30)21(33-12-11-17(31)32-24(33)36)39-28(20,14-29)15-37-23(35)27(9,10)13-25(3,4)5/h11-12,16,18-21H,13-15H2,1-10H3,(H2,31,32,36).